The second-order valence-electron chi connectivity index (χ2n) is 5.45. The lowest BCUT2D eigenvalue weighted by Gasteiger charge is -2.39. The minimum Gasteiger partial charge on any atom is -0.481 e. The molecule has 1 aromatic rings. The summed E-state index contributed by atoms with van der Waals surface area (Å²) in [6.07, 6.45) is 2.28. The maximum absolute atomic E-state index is 11.6. The van der Waals surface area contributed by atoms with Gasteiger partial charge in [0.2, 0.25) is 0 Å². The molecule has 0 radical (unpaired) electrons. The first-order valence-electron chi connectivity index (χ1n) is 6.87. The SMILES string of the molecule is CCC1(C(=O)O)CCCN(Cc2c(Cl)cccc2Cl)C1. The number of carboxylic acids is 1. The Labute approximate surface area is 129 Å². The number of carboxylic acid groups (broad SMARTS) is 1. The van der Waals surface area contributed by atoms with Crippen LogP contribution in [0.25, 0.3) is 0 Å². The van der Waals surface area contributed by atoms with Crippen molar-refractivity contribution in [1.82, 2.24) is 4.90 Å². The molecule has 0 aliphatic carbocycles. The minimum absolute atomic E-state index is 0.556. The smallest absolute Gasteiger partial charge is 0.310 e. The van der Waals surface area contributed by atoms with Gasteiger partial charge in [0.1, 0.15) is 0 Å². The first-order valence-corrected chi connectivity index (χ1v) is 7.63. The lowest BCUT2D eigenvalue weighted by atomic mass is 9.77. The van der Waals surface area contributed by atoms with Gasteiger partial charge in [-0.3, -0.25) is 9.69 Å². The molecular weight excluding hydrogens is 297 g/mol. The molecule has 0 aromatic heterocycles. The first-order chi connectivity index (χ1) is 9.48. The van der Waals surface area contributed by atoms with E-state index in [1.54, 1.807) is 0 Å². The van der Waals surface area contributed by atoms with E-state index >= 15 is 0 Å². The van der Waals surface area contributed by atoms with Crippen molar-refractivity contribution in [3.63, 3.8) is 0 Å². The molecule has 0 saturated carbocycles. The number of likely N-dealkylation sites (tertiary alicyclic amines) is 1. The average molecular weight is 316 g/mol. The highest BCUT2D eigenvalue weighted by Crippen LogP contribution is 2.35. The van der Waals surface area contributed by atoms with Gasteiger partial charge in [0.05, 0.1) is 5.41 Å². The van der Waals surface area contributed by atoms with Gasteiger partial charge in [-0.2, -0.15) is 0 Å². The van der Waals surface area contributed by atoms with Crippen LogP contribution in [0.1, 0.15) is 31.7 Å². The quantitative estimate of drug-likeness (QED) is 0.910. The van der Waals surface area contributed by atoms with Crippen LogP contribution in [0.3, 0.4) is 0 Å². The van der Waals surface area contributed by atoms with Gasteiger partial charge in [0.25, 0.3) is 0 Å². The number of halogens is 2. The van der Waals surface area contributed by atoms with Crippen LogP contribution in [0.2, 0.25) is 10.0 Å². The second-order valence-corrected chi connectivity index (χ2v) is 6.27. The Morgan fingerprint density at radius 2 is 2.05 bits per heavy atom. The number of carbonyl (C=O) groups is 1. The molecule has 2 rings (SSSR count). The molecular formula is C15H19Cl2NO2. The van der Waals surface area contributed by atoms with Gasteiger partial charge in [-0.15, -0.1) is 0 Å². The highest BCUT2D eigenvalue weighted by Gasteiger charge is 2.40. The van der Waals surface area contributed by atoms with Gasteiger partial charge in [-0.1, -0.05) is 36.2 Å². The third kappa shape index (κ3) is 3.11. The van der Waals surface area contributed by atoms with Crippen molar-refractivity contribution in [2.75, 3.05) is 13.1 Å². The number of benzene rings is 1. The van der Waals surface area contributed by atoms with Crippen molar-refractivity contribution >= 4 is 29.2 Å². The zero-order valence-corrected chi connectivity index (χ0v) is 13.0. The first kappa shape index (κ1) is 15.6. The summed E-state index contributed by atoms with van der Waals surface area (Å²) in [4.78, 5) is 13.7. The summed E-state index contributed by atoms with van der Waals surface area (Å²) in [5.74, 6) is -0.699. The highest BCUT2D eigenvalue weighted by molar-refractivity contribution is 6.35. The van der Waals surface area contributed by atoms with E-state index in [2.05, 4.69) is 4.90 Å². The number of aliphatic carboxylic acids is 1. The molecule has 1 aliphatic rings. The van der Waals surface area contributed by atoms with Gasteiger partial charge < -0.3 is 5.11 Å². The summed E-state index contributed by atoms with van der Waals surface area (Å²) in [6.45, 7) is 3.99. The van der Waals surface area contributed by atoms with Crippen molar-refractivity contribution in [3.05, 3.63) is 33.8 Å². The van der Waals surface area contributed by atoms with Crippen LogP contribution < -0.4 is 0 Å². The molecule has 1 atom stereocenters. The van der Waals surface area contributed by atoms with Crippen molar-refractivity contribution in [3.8, 4) is 0 Å². The molecule has 1 saturated heterocycles. The number of hydrogen-bond acceptors (Lipinski definition) is 2. The van der Waals surface area contributed by atoms with Crippen molar-refractivity contribution in [2.45, 2.75) is 32.7 Å². The van der Waals surface area contributed by atoms with E-state index in [-0.39, 0.29) is 0 Å². The predicted molar refractivity (Wildman–Crippen MR) is 81.3 cm³/mol. The summed E-state index contributed by atoms with van der Waals surface area (Å²) in [5, 5.41) is 10.8. The van der Waals surface area contributed by atoms with Crippen LogP contribution >= 0.6 is 23.2 Å². The van der Waals surface area contributed by atoms with Gasteiger partial charge in [-0.05, 0) is 37.9 Å². The number of piperidine rings is 1. The zero-order chi connectivity index (χ0) is 14.8. The Bertz CT molecular complexity index is 486. The van der Waals surface area contributed by atoms with Crippen LogP contribution in [0.15, 0.2) is 18.2 Å². The molecule has 1 unspecified atom stereocenters. The van der Waals surface area contributed by atoms with Crippen LogP contribution in [-0.4, -0.2) is 29.1 Å². The Hall–Kier alpha value is -0.770. The topological polar surface area (TPSA) is 40.5 Å². The maximum Gasteiger partial charge on any atom is 0.310 e. The molecule has 0 spiro atoms. The van der Waals surface area contributed by atoms with E-state index in [1.807, 2.05) is 25.1 Å². The molecule has 1 aliphatic heterocycles. The molecule has 1 N–H and O–H groups in total. The van der Waals surface area contributed by atoms with E-state index in [1.165, 1.54) is 0 Å². The largest absolute Gasteiger partial charge is 0.481 e. The number of hydrogen-bond donors (Lipinski definition) is 1. The molecule has 3 nitrogen and oxygen atoms in total. The summed E-state index contributed by atoms with van der Waals surface area (Å²) < 4.78 is 0. The summed E-state index contributed by atoms with van der Waals surface area (Å²) in [7, 11) is 0. The van der Waals surface area contributed by atoms with E-state index < -0.39 is 11.4 Å². The van der Waals surface area contributed by atoms with Gasteiger partial charge in [0.15, 0.2) is 0 Å². The minimum atomic E-state index is -0.699. The molecule has 1 aromatic carbocycles. The average Bonchev–Trinajstić information content (AvgIpc) is 2.43. The molecule has 1 fully saturated rings. The zero-order valence-electron chi connectivity index (χ0n) is 11.5. The summed E-state index contributed by atoms with van der Waals surface area (Å²) in [5.41, 5.74) is 0.250. The Balaban J connectivity index is 2.16. The van der Waals surface area contributed by atoms with Crippen LogP contribution in [0.5, 0.6) is 0 Å². The van der Waals surface area contributed by atoms with Crippen molar-refractivity contribution in [1.29, 1.82) is 0 Å². The standard InChI is InChI=1S/C15H19Cl2NO2/c1-2-15(14(19)20)7-4-8-18(10-15)9-11-12(16)5-3-6-13(11)17/h3,5-6H,2,4,7-10H2,1H3,(H,19,20). The third-order valence-electron chi connectivity index (χ3n) is 4.23. The van der Waals surface area contributed by atoms with Gasteiger partial charge in [0, 0.05) is 28.7 Å². The van der Waals surface area contributed by atoms with Gasteiger partial charge in [-0.25, -0.2) is 0 Å². The fourth-order valence-corrected chi connectivity index (χ4v) is 3.40. The van der Waals surface area contributed by atoms with E-state index in [9.17, 15) is 9.90 Å². The highest BCUT2D eigenvalue weighted by atomic mass is 35.5. The number of nitrogens with zero attached hydrogens (tertiary/aromatic N) is 1. The van der Waals surface area contributed by atoms with Crippen molar-refractivity contribution in [2.24, 2.45) is 5.41 Å². The molecule has 110 valence electrons. The van der Waals surface area contributed by atoms with E-state index in [0.29, 0.717) is 29.6 Å². The summed E-state index contributed by atoms with van der Waals surface area (Å²) >= 11 is 12.4. The fraction of sp³-hybridized carbons (Fsp3) is 0.533. The third-order valence-corrected chi connectivity index (χ3v) is 4.94. The number of rotatable bonds is 4. The molecule has 0 bridgehead atoms. The molecule has 5 heteroatoms. The molecule has 20 heavy (non-hydrogen) atoms. The maximum atomic E-state index is 11.6. The predicted octanol–water partition coefficient (Wildman–Crippen LogP) is 4.07. The lowest BCUT2D eigenvalue weighted by Crippen LogP contribution is -2.47. The van der Waals surface area contributed by atoms with Crippen LogP contribution in [-0.2, 0) is 11.3 Å². The van der Waals surface area contributed by atoms with Crippen molar-refractivity contribution < 1.29 is 9.90 Å². The fourth-order valence-electron chi connectivity index (χ4n) is 2.88. The monoisotopic (exact) mass is 315 g/mol. The van der Waals surface area contributed by atoms with E-state index in [4.69, 9.17) is 23.2 Å². The Morgan fingerprint density at radius 1 is 1.40 bits per heavy atom. The van der Waals surface area contributed by atoms with Crippen LogP contribution in [0.4, 0.5) is 0 Å². The molecule has 0 amide bonds. The Morgan fingerprint density at radius 3 is 2.60 bits per heavy atom. The summed E-state index contributed by atoms with van der Waals surface area (Å²) in [6, 6.07) is 5.45. The Kier molecular flexibility index (Phi) is 4.95. The lowest BCUT2D eigenvalue weighted by molar-refractivity contribution is -0.153. The molecule has 1 heterocycles. The van der Waals surface area contributed by atoms with Gasteiger partial charge >= 0.3 is 5.97 Å². The normalized spacial score (nSPS) is 23.8. The van der Waals surface area contributed by atoms with Crippen LogP contribution in [0, 0.1) is 5.41 Å². The second kappa shape index (κ2) is 6.33. The van der Waals surface area contributed by atoms with E-state index in [0.717, 1.165) is 24.9 Å².